The Hall–Kier alpha value is -2.01. The molecule has 23 heavy (non-hydrogen) atoms. The van der Waals surface area contributed by atoms with Gasteiger partial charge >= 0.3 is 0 Å². The molecule has 2 aromatic rings. The number of aromatic nitrogens is 1. The Morgan fingerprint density at radius 2 is 2.09 bits per heavy atom. The highest BCUT2D eigenvalue weighted by atomic mass is 16.5. The van der Waals surface area contributed by atoms with Gasteiger partial charge in [0.2, 0.25) is 0 Å². The summed E-state index contributed by atoms with van der Waals surface area (Å²) in [6, 6.07) is 6.38. The number of benzene rings is 1. The van der Waals surface area contributed by atoms with Crippen LogP contribution >= 0.6 is 0 Å². The molecule has 0 N–H and O–H groups in total. The molecule has 0 bridgehead atoms. The number of nitrogens with zero attached hydrogens (tertiary/aromatic N) is 2. The molecule has 0 spiro atoms. The summed E-state index contributed by atoms with van der Waals surface area (Å²) in [4.78, 5) is 2.48. The molecule has 0 saturated carbocycles. The molecule has 1 fully saturated rings. The summed E-state index contributed by atoms with van der Waals surface area (Å²) in [7, 11) is 3.37. The van der Waals surface area contributed by atoms with Crippen molar-refractivity contribution in [3.05, 3.63) is 40.8 Å². The Balaban J connectivity index is 1.85. The van der Waals surface area contributed by atoms with Gasteiger partial charge in [-0.3, -0.25) is 4.90 Å². The molecule has 0 aliphatic carbocycles. The van der Waals surface area contributed by atoms with E-state index in [0.29, 0.717) is 6.04 Å². The Morgan fingerprint density at radius 3 is 2.74 bits per heavy atom. The van der Waals surface area contributed by atoms with Crippen molar-refractivity contribution in [1.29, 1.82) is 0 Å². The predicted molar refractivity (Wildman–Crippen MR) is 87.9 cm³/mol. The lowest BCUT2D eigenvalue weighted by Crippen LogP contribution is -2.23. The van der Waals surface area contributed by atoms with Crippen LogP contribution in [0.2, 0.25) is 0 Å². The van der Waals surface area contributed by atoms with Crippen molar-refractivity contribution in [2.45, 2.75) is 39.3 Å². The van der Waals surface area contributed by atoms with Gasteiger partial charge in [-0.2, -0.15) is 0 Å². The van der Waals surface area contributed by atoms with Gasteiger partial charge in [0.15, 0.2) is 0 Å². The van der Waals surface area contributed by atoms with Gasteiger partial charge in [0.05, 0.1) is 19.9 Å². The van der Waals surface area contributed by atoms with E-state index in [1.165, 1.54) is 17.5 Å². The van der Waals surface area contributed by atoms with E-state index >= 15 is 0 Å². The van der Waals surface area contributed by atoms with Crippen molar-refractivity contribution in [1.82, 2.24) is 10.1 Å². The van der Waals surface area contributed by atoms with Crippen LogP contribution in [0.4, 0.5) is 0 Å². The summed E-state index contributed by atoms with van der Waals surface area (Å²) in [6.07, 6.45) is 2.33. The zero-order valence-corrected chi connectivity index (χ0v) is 14.3. The van der Waals surface area contributed by atoms with E-state index in [9.17, 15) is 0 Å². The summed E-state index contributed by atoms with van der Waals surface area (Å²) >= 11 is 0. The van der Waals surface area contributed by atoms with Gasteiger partial charge in [-0.15, -0.1) is 0 Å². The molecule has 1 saturated heterocycles. The largest absolute Gasteiger partial charge is 0.497 e. The summed E-state index contributed by atoms with van der Waals surface area (Å²) < 4.78 is 16.2. The second-order valence-electron chi connectivity index (χ2n) is 6.04. The van der Waals surface area contributed by atoms with Crippen LogP contribution in [0.1, 0.15) is 41.5 Å². The maximum atomic E-state index is 5.53. The Morgan fingerprint density at radius 1 is 1.26 bits per heavy atom. The molecule has 5 nitrogen and oxygen atoms in total. The Kier molecular flexibility index (Phi) is 4.57. The van der Waals surface area contributed by atoms with Crippen LogP contribution in [-0.4, -0.2) is 30.8 Å². The first kappa shape index (κ1) is 15.9. The minimum atomic E-state index is 0.369. The first-order valence-corrected chi connectivity index (χ1v) is 8.01. The second-order valence-corrected chi connectivity index (χ2v) is 6.04. The van der Waals surface area contributed by atoms with E-state index in [0.717, 1.165) is 42.5 Å². The molecule has 3 rings (SSSR count). The number of hydrogen-bond acceptors (Lipinski definition) is 5. The average molecular weight is 316 g/mol. The third-order valence-electron chi connectivity index (χ3n) is 4.65. The molecule has 0 unspecified atom stereocenters. The molecule has 124 valence electrons. The lowest BCUT2D eigenvalue weighted by Gasteiger charge is -2.25. The number of methoxy groups -OCH3 is 2. The SMILES string of the molecule is COc1ccc(CN2CCC[C@@H]2c2c(C)noc2C)c(OC)c1. The van der Waals surface area contributed by atoms with Crippen molar-refractivity contribution < 1.29 is 14.0 Å². The third-order valence-corrected chi connectivity index (χ3v) is 4.65. The summed E-state index contributed by atoms with van der Waals surface area (Å²) in [6.45, 7) is 5.95. The van der Waals surface area contributed by atoms with Crippen molar-refractivity contribution in [3.8, 4) is 11.5 Å². The van der Waals surface area contributed by atoms with E-state index in [-0.39, 0.29) is 0 Å². The van der Waals surface area contributed by atoms with Gasteiger partial charge < -0.3 is 14.0 Å². The normalized spacial score (nSPS) is 18.3. The fourth-order valence-corrected chi connectivity index (χ4v) is 3.51. The second kappa shape index (κ2) is 6.62. The fourth-order valence-electron chi connectivity index (χ4n) is 3.51. The first-order valence-electron chi connectivity index (χ1n) is 8.01. The molecular weight excluding hydrogens is 292 g/mol. The van der Waals surface area contributed by atoms with Crippen LogP contribution in [0.5, 0.6) is 11.5 Å². The predicted octanol–water partition coefficient (Wildman–Crippen LogP) is 3.65. The maximum Gasteiger partial charge on any atom is 0.138 e. The van der Waals surface area contributed by atoms with E-state index in [1.807, 2.05) is 26.0 Å². The summed E-state index contributed by atoms with van der Waals surface area (Å²) in [5, 5.41) is 4.12. The molecule has 1 aliphatic heterocycles. The molecule has 5 heteroatoms. The Labute approximate surface area is 137 Å². The zero-order valence-electron chi connectivity index (χ0n) is 14.3. The van der Waals surface area contributed by atoms with Gasteiger partial charge in [-0.25, -0.2) is 0 Å². The van der Waals surface area contributed by atoms with Crippen LogP contribution < -0.4 is 9.47 Å². The highest BCUT2D eigenvalue weighted by Gasteiger charge is 2.31. The molecule has 2 heterocycles. The molecule has 0 amide bonds. The quantitative estimate of drug-likeness (QED) is 0.842. The molecular formula is C18H24N2O3. The van der Waals surface area contributed by atoms with Crippen molar-refractivity contribution in [3.63, 3.8) is 0 Å². The zero-order chi connectivity index (χ0) is 16.4. The van der Waals surface area contributed by atoms with Gasteiger partial charge in [-0.05, 0) is 39.3 Å². The van der Waals surface area contributed by atoms with E-state index in [2.05, 4.69) is 16.1 Å². The highest BCUT2D eigenvalue weighted by Crippen LogP contribution is 2.37. The number of aryl methyl sites for hydroxylation is 2. The van der Waals surface area contributed by atoms with Gasteiger partial charge in [-0.1, -0.05) is 11.2 Å². The highest BCUT2D eigenvalue weighted by molar-refractivity contribution is 5.41. The van der Waals surface area contributed by atoms with Crippen LogP contribution in [-0.2, 0) is 6.54 Å². The summed E-state index contributed by atoms with van der Waals surface area (Å²) in [5.41, 5.74) is 3.42. The third kappa shape index (κ3) is 3.06. The minimum Gasteiger partial charge on any atom is -0.497 e. The number of ether oxygens (including phenoxy) is 2. The van der Waals surface area contributed by atoms with Crippen LogP contribution in [0.15, 0.2) is 22.7 Å². The van der Waals surface area contributed by atoms with Gasteiger partial charge in [0.1, 0.15) is 17.3 Å². The minimum absolute atomic E-state index is 0.369. The lowest BCUT2D eigenvalue weighted by molar-refractivity contribution is 0.241. The molecule has 1 atom stereocenters. The van der Waals surface area contributed by atoms with Crippen LogP contribution in [0.3, 0.4) is 0 Å². The van der Waals surface area contributed by atoms with Crippen molar-refractivity contribution in [2.24, 2.45) is 0 Å². The number of likely N-dealkylation sites (tertiary alicyclic amines) is 1. The van der Waals surface area contributed by atoms with E-state index < -0.39 is 0 Å². The van der Waals surface area contributed by atoms with Crippen molar-refractivity contribution in [2.75, 3.05) is 20.8 Å². The average Bonchev–Trinajstić information content (AvgIpc) is 3.14. The smallest absolute Gasteiger partial charge is 0.138 e. The molecule has 1 aromatic carbocycles. The summed E-state index contributed by atoms with van der Waals surface area (Å²) in [5.74, 6) is 2.61. The molecule has 0 radical (unpaired) electrons. The van der Waals surface area contributed by atoms with Gasteiger partial charge in [0.25, 0.3) is 0 Å². The number of rotatable bonds is 5. The topological polar surface area (TPSA) is 47.7 Å². The van der Waals surface area contributed by atoms with E-state index in [4.69, 9.17) is 14.0 Å². The van der Waals surface area contributed by atoms with Gasteiger partial charge in [0, 0.05) is 29.8 Å². The lowest BCUT2D eigenvalue weighted by atomic mass is 10.0. The monoisotopic (exact) mass is 316 g/mol. The number of hydrogen-bond donors (Lipinski definition) is 0. The maximum absolute atomic E-state index is 5.53. The molecule has 1 aromatic heterocycles. The van der Waals surface area contributed by atoms with E-state index in [1.54, 1.807) is 14.2 Å². The standard InChI is InChI=1S/C18H24N2O3/c1-12-18(13(2)23-19-12)16-6-5-9-20(16)11-14-7-8-15(21-3)10-17(14)22-4/h7-8,10,16H,5-6,9,11H2,1-4H3/t16-/m1/s1. The van der Waals surface area contributed by atoms with Crippen LogP contribution in [0.25, 0.3) is 0 Å². The molecule has 1 aliphatic rings. The Bertz CT molecular complexity index is 661. The van der Waals surface area contributed by atoms with Crippen LogP contribution in [0, 0.1) is 13.8 Å². The fraction of sp³-hybridized carbons (Fsp3) is 0.500. The first-order chi connectivity index (χ1) is 11.1. The van der Waals surface area contributed by atoms with Crippen molar-refractivity contribution >= 4 is 0 Å².